The molecular weight excluding hydrogens is 376 g/mol. The third-order valence-electron chi connectivity index (χ3n) is 5.84. The Morgan fingerprint density at radius 3 is 2.23 bits per heavy atom. The fourth-order valence-corrected chi connectivity index (χ4v) is 3.99. The SMILES string of the molecule is COc1ccccc1C(C)NC(=O)C(C)N1CCN(C(C#N)c2ccccc2)CC1. The summed E-state index contributed by atoms with van der Waals surface area (Å²) in [6.45, 7) is 6.93. The Morgan fingerprint density at radius 2 is 1.60 bits per heavy atom. The van der Waals surface area contributed by atoms with Crippen LogP contribution in [0.4, 0.5) is 0 Å². The van der Waals surface area contributed by atoms with E-state index in [-0.39, 0.29) is 24.0 Å². The van der Waals surface area contributed by atoms with Gasteiger partial charge in [-0.3, -0.25) is 14.6 Å². The van der Waals surface area contributed by atoms with Crippen molar-refractivity contribution < 1.29 is 9.53 Å². The maximum atomic E-state index is 12.9. The van der Waals surface area contributed by atoms with Crippen LogP contribution in [0, 0.1) is 11.3 Å². The third-order valence-corrected chi connectivity index (χ3v) is 5.84. The zero-order chi connectivity index (χ0) is 21.5. The summed E-state index contributed by atoms with van der Waals surface area (Å²) in [7, 11) is 1.64. The lowest BCUT2D eigenvalue weighted by molar-refractivity contribution is -0.127. The lowest BCUT2D eigenvalue weighted by Crippen LogP contribution is -2.54. The van der Waals surface area contributed by atoms with E-state index >= 15 is 0 Å². The van der Waals surface area contributed by atoms with Crippen LogP contribution in [0.1, 0.15) is 37.1 Å². The summed E-state index contributed by atoms with van der Waals surface area (Å²) in [5, 5.41) is 12.8. The zero-order valence-corrected chi connectivity index (χ0v) is 17.9. The van der Waals surface area contributed by atoms with Crippen molar-refractivity contribution in [1.82, 2.24) is 15.1 Å². The molecule has 1 heterocycles. The largest absolute Gasteiger partial charge is 0.496 e. The van der Waals surface area contributed by atoms with Crippen molar-refractivity contribution in [2.24, 2.45) is 0 Å². The van der Waals surface area contributed by atoms with Crippen LogP contribution in [0.3, 0.4) is 0 Å². The Hall–Kier alpha value is -2.88. The molecule has 6 nitrogen and oxygen atoms in total. The molecule has 3 rings (SSSR count). The van der Waals surface area contributed by atoms with Gasteiger partial charge in [-0.1, -0.05) is 48.5 Å². The molecule has 0 saturated carbocycles. The minimum atomic E-state index is -0.247. The molecule has 0 radical (unpaired) electrons. The first-order valence-corrected chi connectivity index (χ1v) is 10.4. The van der Waals surface area contributed by atoms with Gasteiger partial charge in [-0.05, 0) is 25.5 Å². The van der Waals surface area contributed by atoms with E-state index in [2.05, 4.69) is 21.2 Å². The second kappa shape index (κ2) is 10.2. The summed E-state index contributed by atoms with van der Waals surface area (Å²) >= 11 is 0. The zero-order valence-electron chi connectivity index (χ0n) is 17.9. The Balaban J connectivity index is 1.56. The quantitative estimate of drug-likeness (QED) is 0.765. The number of nitriles is 1. The minimum absolute atomic E-state index is 0.00162. The van der Waals surface area contributed by atoms with Crippen molar-refractivity contribution in [2.75, 3.05) is 33.3 Å². The topological polar surface area (TPSA) is 68.6 Å². The van der Waals surface area contributed by atoms with Gasteiger partial charge in [0, 0.05) is 31.7 Å². The second-order valence-corrected chi connectivity index (χ2v) is 7.66. The number of hydrogen-bond donors (Lipinski definition) is 1. The first-order valence-electron chi connectivity index (χ1n) is 10.4. The molecule has 1 aliphatic rings. The number of amides is 1. The number of carbonyl (C=O) groups excluding carboxylic acids is 1. The van der Waals surface area contributed by atoms with Gasteiger partial charge in [-0.15, -0.1) is 0 Å². The van der Waals surface area contributed by atoms with E-state index in [0.29, 0.717) is 0 Å². The normalized spacial score (nSPS) is 18.1. The van der Waals surface area contributed by atoms with E-state index in [4.69, 9.17) is 4.74 Å². The van der Waals surface area contributed by atoms with Crippen LogP contribution >= 0.6 is 0 Å². The fourth-order valence-electron chi connectivity index (χ4n) is 3.99. The minimum Gasteiger partial charge on any atom is -0.496 e. The van der Waals surface area contributed by atoms with Crippen LogP contribution in [0.25, 0.3) is 0 Å². The van der Waals surface area contributed by atoms with Gasteiger partial charge in [-0.25, -0.2) is 0 Å². The molecule has 2 aromatic carbocycles. The fraction of sp³-hybridized carbons (Fsp3) is 0.417. The van der Waals surface area contributed by atoms with Gasteiger partial charge < -0.3 is 10.1 Å². The molecule has 3 atom stereocenters. The second-order valence-electron chi connectivity index (χ2n) is 7.66. The van der Waals surface area contributed by atoms with E-state index in [1.165, 1.54) is 0 Å². The lowest BCUT2D eigenvalue weighted by atomic mass is 10.0. The third kappa shape index (κ3) is 4.99. The summed E-state index contributed by atoms with van der Waals surface area (Å²) in [5.41, 5.74) is 1.98. The first-order chi connectivity index (χ1) is 14.5. The highest BCUT2D eigenvalue weighted by Crippen LogP contribution is 2.25. The van der Waals surface area contributed by atoms with Crippen molar-refractivity contribution >= 4 is 5.91 Å². The van der Waals surface area contributed by atoms with Gasteiger partial charge in [0.25, 0.3) is 0 Å². The number of para-hydroxylation sites is 1. The van der Waals surface area contributed by atoms with Crippen molar-refractivity contribution in [3.05, 3.63) is 65.7 Å². The molecule has 6 heteroatoms. The van der Waals surface area contributed by atoms with E-state index < -0.39 is 0 Å². The highest BCUT2D eigenvalue weighted by atomic mass is 16.5. The molecule has 1 aliphatic heterocycles. The number of benzene rings is 2. The van der Waals surface area contributed by atoms with Crippen molar-refractivity contribution in [3.63, 3.8) is 0 Å². The van der Waals surface area contributed by atoms with Gasteiger partial charge in [-0.2, -0.15) is 5.26 Å². The van der Waals surface area contributed by atoms with Crippen LogP contribution in [0.2, 0.25) is 0 Å². The molecule has 30 heavy (non-hydrogen) atoms. The molecule has 3 unspecified atom stereocenters. The number of hydrogen-bond acceptors (Lipinski definition) is 5. The monoisotopic (exact) mass is 406 g/mol. The summed E-state index contributed by atoms with van der Waals surface area (Å²) in [6.07, 6.45) is 0. The maximum absolute atomic E-state index is 12.9. The molecule has 1 fully saturated rings. The average molecular weight is 407 g/mol. The van der Waals surface area contributed by atoms with Crippen LogP contribution in [0.5, 0.6) is 5.75 Å². The average Bonchev–Trinajstić information content (AvgIpc) is 2.80. The molecule has 0 bridgehead atoms. The molecule has 158 valence electrons. The molecule has 1 N–H and O–H groups in total. The molecule has 1 saturated heterocycles. The predicted octanol–water partition coefficient (Wildman–Crippen LogP) is 3.14. The summed E-state index contributed by atoms with van der Waals surface area (Å²) in [5.74, 6) is 0.775. The summed E-state index contributed by atoms with van der Waals surface area (Å²) in [4.78, 5) is 17.2. The lowest BCUT2D eigenvalue weighted by Gasteiger charge is -2.39. The number of rotatable bonds is 7. The molecule has 2 aromatic rings. The Kier molecular flexibility index (Phi) is 7.45. The molecule has 0 aromatic heterocycles. The van der Waals surface area contributed by atoms with Gasteiger partial charge >= 0.3 is 0 Å². The highest BCUT2D eigenvalue weighted by Gasteiger charge is 2.30. The van der Waals surface area contributed by atoms with Crippen molar-refractivity contribution in [2.45, 2.75) is 32.0 Å². The number of methoxy groups -OCH3 is 1. The van der Waals surface area contributed by atoms with Crippen LogP contribution in [-0.4, -0.2) is 55.0 Å². The Labute approximate surface area is 179 Å². The summed E-state index contributed by atoms with van der Waals surface area (Å²) in [6, 6.07) is 19.4. The van der Waals surface area contributed by atoms with Crippen molar-refractivity contribution in [3.8, 4) is 11.8 Å². The number of ether oxygens (including phenoxy) is 1. The van der Waals surface area contributed by atoms with E-state index in [1.54, 1.807) is 7.11 Å². The number of piperazine rings is 1. The van der Waals surface area contributed by atoms with E-state index in [9.17, 15) is 10.1 Å². The van der Waals surface area contributed by atoms with Crippen LogP contribution in [-0.2, 0) is 4.79 Å². The first kappa shape index (κ1) is 21.8. The number of carbonyl (C=O) groups is 1. The van der Waals surface area contributed by atoms with E-state index in [1.807, 2.05) is 68.4 Å². The van der Waals surface area contributed by atoms with Crippen molar-refractivity contribution in [1.29, 1.82) is 5.26 Å². The number of nitrogens with one attached hydrogen (secondary N) is 1. The standard InChI is InChI=1S/C24H30N4O2/c1-18(21-11-7-8-12-23(21)30-3)26-24(29)19(2)27-13-15-28(16-14-27)22(17-25)20-9-5-4-6-10-20/h4-12,18-19,22H,13-16H2,1-3H3,(H,26,29). The molecule has 0 aliphatic carbocycles. The van der Waals surface area contributed by atoms with Gasteiger partial charge in [0.15, 0.2) is 0 Å². The summed E-state index contributed by atoms with van der Waals surface area (Å²) < 4.78 is 5.41. The Morgan fingerprint density at radius 1 is 1.00 bits per heavy atom. The number of nitrogens with zero attached hydrogens (tertiary/aromatic N) is 3. The predicted molar refractivity (Wildman–Crippen MR) is 117 cm³/mol. The van der Waals surface area contributed by atoms with E-state index in [0.717, 1.165) is 43.1 Å². The van der Waals surface area contributed by atoms with Gasteiger partial charge in [0.05, 0.1) is 25.3 Å². The molecular formula is C24H30N4O2. The molecule has 0 spiro atoms. The van der Waals surface area contributed by atoms with Gasteiger partial charge in [0.1, 0.15) is 11.8 Å². The smallest absolute Gasteiger partial charge is 0.237 e. The molecule has 1 amide bonds. The Bertz CT molecular complexity index is 872. The van der Waals surface area contributed by atoms with Crippen LogP contribution < -0.4 is 10.1 Å². The maximum Gasteiger partial charge on any atom is 0.237 e. The van der Waals surface area contributed by atoms with Gasteiger partial charge in [0.2, 0.25) is 5.91 Å². The highest BCUT2D eigenvalue weighted by molar-refractivity contribution is 5.81. The van der Waals surface area contributed by atoms with Crippen LogP contribution in [0.15, 0.2) is 54.6 Å².